The molecule has 0 aromatic heterocycles. The Labute approximate surface area is 96.8 Å². The summed E-state index contributed by atoms with van der Waals surface area (Å²) in [4.78, 5) is 11.4. The number of rotatable bonds is 3. The van der Waals surface area contributed by atoms with Gasteiger partial charge in [0.15, 0.2) is 0 Å². The molecule has 0 radical (unpaired) electrons. The third-order valence-corrected chi connectivity index (χ3v) is 2.10. The van der Waals surface area contributed by atoms with E-state index in [4.69, 9.17) is 4.74 Å². The van der Waals surface area contributed by atoms with Crippen LogP contribution < -0.4 is 10.1 Å². The van der Waals surface area contributed by atoms with Gasteiger partial charge in [0, 0.05) is 6.54 Å². The SMILES string of the molecule is CC(C)(C)CCNC(=O)Oc1ccccc1. The van der Waals surface area contributed by atoms with Gasteiger partial charge in [-0.3, -0.25) is 0 Å². The minimum atomic E-state index is -0.393. The first-order chi connectivity index (χ1) is 7.47. The van der Waals surface area contributed by atoms with E-state index >= 15 is 0 Å². The molecular weight excluding hydrogens is 202 g/mol. The van der Waals surface area contributed by atoms with Crippen LogP contribution in [0.2, 0.25) is 0 Å². The van der Waals surface area contributed by atoms with Gasteiger partial charge in [-0.05, 0) is 24.0 Å². The molecule has 16 heavy (non-hydrogen) atoms. The highest BCUT2D eigenvalue weighted by atomic mass is 16.5. The Bertz CT molecular complexity index is 328. The van der Waals surface area contributed by atoms with Gasteiger partial charge in [0.25, 0.3) is 0 Å². The van der Waals surface area contributed by atoms with E-state index in [9.17, 15) is 4.79 Å². The highest BCUT2D eigenvalue weighted by molar-refractivity contribution is 5.70. The summed E-state index contributed by atoms with van der Waals surface area (Å²) < 4.78 is 5.08. The van der Waals surface area contributed by atoms with Crippen molar-refractivity contribution in [3.63, 3.8) is 0 Å². The van der Waals surface area contributed by atoms with Crippen LogP contribution in [0.4, 0.5) is 4.79 Å². The molecule has 0 aliphatic rings. The van der Waals surface area contributed by atoms with Gasteiger partial charge < -0.3 is 10.1 Å². The topological polar surface area (TPSA) is 38.3 Å². The quantitative estimate of drug-likeness (QED) is 0.851. The number of amides is 1. The van der Waals surface area contributed by atoms with Gasteiger partial charge >= 0.3 is 6.09 Å². The third kappa shape index (κ3) is 5.39. The van der Waals surface area contributed by atoms with Crippen LogP contribution in [0, 0.1) is 5.41 Å². The maximum atomic E-state index is 11.4. The minimum absolute atomic E-state index is 0.222. The van der Waals surface area contributed by atoms with E-state index in [1.54, 1.807) is 12.1 Å². The van der Waals surface area contributed by atoms with Crippen molar-refractivity contribution in [2.75, 3.05) is 6.54 Å². The molecule has 1 amide bonds. The predicted octanol–water partition coefficient (Wildman–Crippen LogP) is 3.21. The molecule has 0 saturated carbocycles. The summed E-state index contributed by atoms with van der Waals surface area (Å²) >= 11 is 0. The van der Waals surface area contributed by atoms with Gasteiger partial charge in [-0.2, -0.15) is 0 Å². The number of benzene rings is 1. The van der Waals surface area contributed by atoms with Gasteiger partial charge in [-0.15, -0.1) is 0 Å². The fourth-order valence-corrected chi connectivity index (χ4v) is 1.17. The Morgan fingerprint density at radius 1 is 1.25 bits per heavy atom. The molecule has 0 fully saturated rings. The van der Waals surface area contributed by atoms with E-state index in [1.165, 1.54) is 0 Å². The summed E-state index contributed by atoms with van der Waals surface area (Å²) in [5.74, 6) is 0.566. The molecule has 0 bridgehead atoms. The van der Waals surface area contributed by atoms with Crippen LogP contribution in [0.25, 0.3) is 0 Å². The van der Waals surface area contributed by atoms with Crippen LogP contribution in [0.15, 0.2) is 30.3 Å². The molecular formula is C13H19NO2. The smallest absolute Gasteiger partial charge is 0.410 e. The lowest BCUT2D eigenvalue weighted by molar-refractivity contribution is 0.198. The van der Waals surface area contributed by atoms with E-state index in [0.717, 1.165) is 6.42 Å². The van der Waals surface area contributed by atoms with Crippen molar-refractivity contribution >= 4 is 6.09 Å². The molecule has 1 rings (SSSR count). The van der Waals surface area contributed by atoms with E-state index in [0.29, 0.717) is 12.3 Å². The molecule has 1 aromatic rings. The van der Waals surface area contributed by atoms with Gasteiger partial charge in [0.05, 0.1) is 0 Å². The summed E-state index contributed by atoms with van der Waals surface area (Å²) in [5.41, 5.74) is 0.222. The zero-order chi connectivity index (χ0) is 12.0. The minimum Gasteiger partial charge on any atom is -0.410 e. The van der Waals surface area contributed by atoms with Gasteiger partial charge in [-0.1, -0.05) is 39.0 Å². The molecule has 0 atom stereocenters. The molecule has 0 saturated heterocycles. The zero-order valence-electron chi connectivity index (χ0n) is 10.1. The molecule has 1 N–H and O–H groups in total. The van der Waals surface area contributed by atoms with E-state index < -0.39 is 6.09 Å². The van der Waals surface area contributed by atoms with E-state index in [2.05, 4.69) is 26.1 Å². The van der Waals surface area contributed by atoms with Crippen molar-refractivity contribution in [3.8, 4) is 5.75 Å². The van der Waals surface area contributed by atoms with Crippen LogP contribution in [0.3, 0.4) is 0 Å². The Balaban J connectivity index is 2.27. The lowest BCUT2D eigenvalue weighted by Gasteiger charge is -2.17. The van der Waals surface area contributed by atoms with Gasteiger partial charge in [0.1, 0.15) is 5.75 Å². The second kappa shape index (κ2) is 5.54. The number of ether oxygens (including phenoxy) is 1. The van der Waals surface area contributed by atoms with E-state index in [1.807, 2.05) is 18.2 Å². The number of carbonyl (C=O) groups excluding carboxylic acids is 1. The number of hydrogen-bond donors (Lipinski definition) is 1. The number of para-hydroxylation sites is 1. The molecule has 0 aliphatic carbocycles. The van der Waals surface area contributed by atoms with Crippen molar-refractivity contribution in [3.05, 3.63) is 30.3 Å². The van der Waals surface area contributed by atoms with Crippen molar-refractivity contribution in [2.24, 2.45) is 5.41 Å². The van der Waals surface area contributed by atoms with Crippen molar-refractivity contribution in [1.82, 2.24) is 5.32 Å². The number of carbonyl (C=O) groups is 1. The second-order valence-corrected chi connectivity index (χ2v) is 4.94. The second-order valence-electron chi connectivity index (χ2n) is 4.94. The first-order valence-electron chi connectivity index (χ1n) is 5.48. The zero-order valence-corrected chi connectivity index (χ0v) is 10.1. The van der Waals surface area contributed by atoms with Crippen LogP contribution in [-0.4, -0.2) is 12.6 Å². The maximum absolute atomic E-state index is 11.4. The summed E-state index contributed by atoms with van der Waals surface area (Å²) in [7, 11) is 0. The molecule has 1 aromatic carbocycles. The standard InChI is InChI=1S/C13H19NO2/c1-13(2,3)9-10-14-12(15)16-11-7-5-4-6-8-11/h4-8H,9-10H2,1-3H3,(H,14,15). The molecule has 0 unspecified atom stereocenters. The Hall–Kier alpha value is -1.51. The first-order valence-corrected chi connectivity index (χ1v) is 5.48. The fourth-order valence-electron chi connectivity index (χ4n) is 1.17. The lowest BCUT2D eigenvalue weighted by atomic mass is 9.92. The van der Waals surface area contributed by atoms with Crippen molar-refractivity contribution < 1.29 is 9.53 Å². The van der Waals surface area contributed by atoms with Gasteiger partial charge in [-0.25, -0.2) is 4.79 Å². The Morgan fingerprint density at radius 3 is 2.44 bits per heavy atom. The van der Waals surface area contributed by atoms with Crippen molar-refractivity contribution in [2.45, 2.75) is 27.2 Å². The Kier molecular flexibility index (Phi) is 4.35. The first kappa shape index (κ1) is 12.6. The third-order valence-electron chi connectivity index (χ3n) is 2.10. The monoisotopic (exact) mass is 221 g/mol. The maximum Gasteiger partial charge on any atom is 0.412 e. The summed E-state index contributed by atoms with van der Waals surface area (Å²) in [6.45, 7) is 7.04. The predicted molar refractivity (Wildman–Crippen MR) is 64.5 cm³/mol. The molecule has 88 valence electrons. The Morgan fingerprint density at radius 2 is 1.88 bits per heavy atom. The molecule has 3 heteroatoms. The van der Waals surface area contributed by atoms with Crippen LogP contribution in [-0.2, 0) is 0 Å². The highest BCUT2D eigenvalue weighted by Crippen LogP contribution is 2.17. The van der Waals surface area contributed by atoms with E-state index in [-0.39, 0.29) is 5.41 Å². The molecule has 0 spiro atoms. The van der Waals surface area contributed by atoms with Crippen LogP contribution in [0.1, 0.15) is 27.2 Å². The summed E-state index contributed by atoms with van der Waals surface area (Å²) in [6, 6.07) is 9.05. The summed E-state index contributed by atoms with van der Waals surface area (Å²) in [5, 5.41) is 2.73. The lowest BCUT2D eigenvalue weighted by Crippen LogP contribution is -2.29. The summed E-state index contributed by atoms with van der Waals surface area (Å²) in [6.07, 6.45) is 0.534. The van der Waals surface area contributed by atoms with Crippen LogP contribution >= 0.6 is 0 Å². The largest absolute Gasteiger partial charge is 0.412 e. The van der Waals surface area contributed by atoms with Gasteiger partial charge in [0.2, 0.25) is 0 Å². The molecule has 0 aliphatic heterocycles. The van der Waals surface area contributed by atoms with Crippen molar-refractivity contribution in [1.29, 1.82) is 0 Å². The highest BCUT2D eigenvalue weighted by Gasteiger charge is 2.10. The number of nitrogens with one attached hydrogen (secondary N) is 1. The van der Waals surface area contributed by atoms with Crippen LogP contribution in [0.5, 0.6) is 5.75 Å². The number of hydrogen-bond acceptors (Lipinski definition) is 2. The molecule has 3 nitrogen and oxygen atoms in total. The normalized spacial score (nSPS) is 10.9. The average Bonchev–Trinajstić information content (AvgIpc) is 2.17. The fraction of sp³-hybridized carbons (Fsp3) is 0.462. The molecule has 0 heterocycles. The average molecular weight is 221 g/mol.